The summed E-state index contributed by atoms with van der Waals surface area (Å²) < 4.78 is 23.9. The van der Waals surface area contributed by atoms with Crippen LogP contribution in [0.3, 0.4) is 0 Å². The van der Waals surface area contributed by atoms with Gasteiger partial charge in [-0.15, -0.1) is 0 Å². The van der Waals surface area contributed by atoms with Gasteiger partial charge in [-0.2, -0.15) is 0 Å². The van der Waals surface area contributed by atoms with Crippen molar-refractivity contribution in [1.82, 2.24) is 0 Å². The maximum absolute atomic E-state index is 11.8. The molecule has 0 amide bonds. The van der Waals surface area contributed by atoms with Crippen LogP contribution in [0.25, 0.3) is 0 Å². The van der Waals surface area contributed by atoms with E-state index in [1.807, 2.05) is 13.3 Å². The molecule has 0 aromatic rings. The molecule has 0 aromatic carbocycles. The van der Waals surface area contributed by atoms with E-state index >= 15 is 0 Å². The quantitative estimate of drug-likeness (QED) is 0.573. The van der Waals surface area contributed by atoms with Gasteiger partial charge in [0.05, 0.1) is 19.3 Å². The van der Waals surface area contributed by atoms with Crippen LogP contribution in [0.2, 0.25) is 18.1 Å². The molecule has 3 nitrogen and oxygen atoms in total. The van der Waals surface area contributed by atoms with Gasteiger partial charge < -0.3 is 13.7 Å². The predicted molar refractivity (Wildman–Crippen MR) is 90.0 cm³/mol. The van der Waals surface area contributed by atoms with Crippen molar-refractivity contribution < 1.29 is 13.7 Å². The molecule has 0 aliphatic carbocycles. The number of hydrogen-bond acceptors (Lipinski definition) is 3. The topological polar surface area (TPSA) is 35.5 Å². The molecular weight excluding hydrogens is 286 g/mol. The first-order valence-electron chi connectivity index (χ1n) is 7.45. The Morgan fingerprint density at radius 2 is 1.90 bits per heavy atom. The van der Waals surface area contributed by atoms with E-state index in [4.69, 9.17) is 17.0 Å². The Morgan fingerprint density at radius 3 is 2.35 bits per heavy atom. The minimum atomic E-state index is -1.98. The van der Waals surface area contributed by atoms with Gasteiger partial charge >= 0.3 is 0 Å². The van der Waals surface area contributed by atoms with E-state index in [1.54, 1.807) is 0 Å². The summed E-state index contributed by atoms with van der Waals surface area (Å²) >= 11 is 0. The molecule has 1 saturated heterocycles. The second-order valence-corrected chi connectivity index (χ2v) is 16.3. The molecular formula is C14H30BO3PSi. The van der Waals surface area contributed by atoms with Gasteiger partial charge in [-0.25, -0.2) is 0 Å². The number of ether oxygens (including phenoxy) is 1. The maximum Gasteiger partial charge on any atom is 0.192 e. The van der Waals surface area contributed by atoms with Crippen molar-refractivity contribution in [2.24, 2.45) is 0 Å². The molecule has 0 N–H and O–H groups in total. The summed E-state index contributed by atoms with van der Waals surface area (Å²) in [6, 6.07) is -0.345. The van der Waals surface area contributed by atoms with E-state index in [0.29, 0.717) is 0 Å². The van der Waals surface area contributed by atoms with Gasteiger partial charge in [0.25, 0.3) is 0 Å². The second-order valence-electron chi connectivity index (χ2n) is 7.96. The third kappa shape index (κ3) is 5.32. The second kappa shape index (κ2) is 6.28. The first-order chi connectivity index (χ1) is 8.82. The van der Waals surface area contributed by atoms with Gasteiger partial charge in [-0.05, 0) is 37.9 Å². The summed E-state index contributed by atoms with van der Waals surface area (Å²) in [4.78, 5) is 0. The Bertz CT molecular complexity index is 375. The molecule has 1 heterocycles. The molecule has 0 saturated carbocycles. The van der Waals surface area contributed by atoms with E-state index in [2.05, 4.69) is 33.9 Å². The van der Waals surface area contributed by atoms with Crippen LogP contribution < -0.4 is 0 Å². The summed E-state index contributed by atoms with van der Waals surface area (Å²) in [7, 11) is 2.27. The molecule has 1 unspecified atom stereocenters. The molecule has 2 radical (unpaired) electrons. The Kier molecular flexibility index (Phi) is 5.80. The van der Waals surface area contributed by atoms with Gasteiger partial charge in [0.15, 0.2) is 8.32 Å². The number of hydrogen-bond donors (Lipinski definition) is 0. The lowest BCUT2D eigenvalue weighted by Gasteiger charge is -2.39. The zero-order valence-electron chi connectivity index (χ0n) is 14.1. The molecule has 6 heteroatoms. The first kappa shape index (κ1) is 18.5. The minimum absolute atomic E-state index is 0.0195. The maximum atomic E-state index is 11.8. The standard InChI is InChI=1S/C14H30BO3PSi/c1-14(2,3)20(6,7)18-12-10-11(17-13(12)15)8-9-19(4,5)16/h11-13H,8-10H2,1-7H3/t11-,12?,13-/m1/s1. The Hall–Kier alpha value is 0.432. The van der Waals surface area contributed by atoms with Gasteiger partial charge in [-0.1, -0.05) is 20.8 Å². The van der Waals surface area contributed by atoms with Crippen molar-refractivity contribution >= 4 is 23.3 Å². The average molecular weight is 316 g/mol. The van der Waals surface area contributed by atoms with Crippen molar-refractivity contribution in [3.63, 3.8) is 0 Å². The van der Waals surface area contributed by atoms with Crippen LogP contribution in [0, 0.1) is 0 Å². The third-order valence-corrected chi connectivity index (χ3v) is 10.3. The molecule has 20 heavy (non-hydrogen) atoms. The van der Waals surface area contributed by atoms with Crippen LogP contribution in [0.5, 0.6) is 0 Å². The lowest BCUT2D eigenvalue weighted by atomic mass is 9.94. The summed E-state index contributed by atoms with van der Waals surface area (Å²) in [6.45, 7) is 14.8. The molecule has 1 rings (SSSR count). The Balaban J connectivity index is 2.56. The molecule has 1 aliphatic rings. The van der Waals surface area contributed by atoms with Crippen molar-refractivity contribution in [3.05, 3.63) is 0 Å². The van der Waals surface area contributed by atoms with E-state index in [1.165, 1.54) is 0 Å². The van der Waals surface area contributed by atoms with Crippen LogP contribution in [0.1, 0.15) is 33.6 Å². The van der Waals surface area contributed by atoms with Crippen LogP contribution in [0.15, 0.2) is 0 Å². The SMILES string of the molecule is [B][C@@H]1O[C@H](CCP(C)(C)=O)CC1O[Si](C)(C)C(C)(C)C. The van der Waals surface area contributed by atoms with Crippen LogP contribution in [0.4, 0.5) is 0 Å². The van der Waals surface area contributed by atoms with Crippen LogP contribution in [-0.2, 0) is 13.7 Å². The predicted octanol–water partition coefficient (Wildman–Crippen LogP) is 3.67. The average Bonchev–Trinajstić information content (AvgIpc) is 2.53. The normalized spacial score (nSPS) is 28.9. The van der Waals surface area contributed by atoms with Crippen LogP contribution >= 0.6 is 7.14 Å². The fourth-order valence-electron chi connectivity index (χ4n) is 2.07. The summed E-state index contributed by atoms with van der Waals surface area (Å²) in [6.07, 6.45) is 2.43. The highest BCUT2D eigenvalue weighted by molar-refractivity contribution is 7.62. The monoisotopic (exact) mass is 316 g/mol. The first-order valence-corrected chi connectivity index (χ1v) is 13.1. The highest BCUT2D eigenvalue weighted by atomic mass is 31.2. The van der Waals surface area contributed by atoms with Gasteiger partial charge in [0.2, 0.25) is 0 Å². The smallest absolute Gasteiger partial charge is 0.192 e. The summed E-state index contributed by atoms with van der Waals surface area (Å²) in [5, 5.41) is 0.174. The zero-order valence-corrected chi connectivity index (χ0v) is 16.0. The third-order valence-electron chi connectivity index (χ3n) is 4.45. The van der Waals surface area contributed by atoms with Crippen molar-refractivity contribution in [2.75, 3.05) is 19.5 Å². The highest BCUT2D eigenvalue weighted by Gasteiger charge is 2.43. The minimum Gasteiger partial charge on any atom is -0.412 e. The van der Waals surface area contributed by atoms with Crippen molar-refractivity contribution in [1.29, 1.82) is 0 Å². The zero-order chi connectivity index (χ0) is 15.8. The van der Waals surface area contributed by atoms with E-state index in [9.17, 15) is 4.57 Å². The molecule has 3 atom stereocenters. The molecule has 0 spiro atoms. The van der Waals surface area contributed by atoms with Crippen LogP contribution in [-0.4, -0.2) is 53.9 Å². The fraction of sp³-hybridized carbons (Fsp3) is 1.00. The molecule has 116 valence electrons. The Labute approximate surface area is 127 Å². The Morgan fingerprint density at radius 1 is 1.35 bits per heavy atom. The van der Waals surface area contributed by atoms with Gasteiger partial charge in [0, 0.05) is 18.6 Å². The summed E-state index contributed by atoms with van der Waals surface area (Å²) in [5.41, 5.74) is 0. The van der Waals surface area contributed by atoms with E-state index in [-0.39, 0.29) is 23.2 Å². The lowest BCUT2D eigenvalue weighted by Crippen LogP contribution is -2.46. The van der Waals surface area contributed by atoms with Gasteiger partial charge in [0.1, 0.15) is 7.85 Å². The number of rotatable bonds is 5. The molecule has 0 aromatic heterocycles. The van der Waals surface area contributed by atoms with Gasteiger partial charge in [-0.3, -0.25) is 0 Å². The van der Waals surface area contributed by atoms with Crippen molar-refractivity contribution in [2.45, 2.75) is 70.0 Å². The molecule has 1 fully saturated rings. The van der Waals surface area contributed by atoms with E-state index in [0.717, 1.165) is 19.0 Å². The summed E-state index contributed by atoms with van der Waals surface area (Å²) in [5.74, 6) is 0. The largest absolute Gasteiger partial charge is 0.412 e. The van der Waals surface area contributed by atoms with E-state index < -0.39 is 15.5 Å². The lowest BCUT2D eigenvalue weighted by molar-refractivity contribution is 0.0618. The molecule has 1 aliphatic heterocycles. The fourth-order valence-corrected chi connectivity index (χ4v) is 4.32. The molecule has 0 bridgehead atoms. The van der Waals surface area contributed by atoms with Crippen molar-refractivity contribution in [3.8, 4) is 0 Å². The highest BCUT2D eigenvalue weighted by Crippen LogP contribution is 2.41.